The lowest BCUT2D eigenvalue weighted by Crippen LogP contribution is -2.40. The van der Waals surface area contributed by atoms with Crippen molar-refractivity contribution in [3.63, 3.8) is 0 Å². The van der Waals surface area contributed by atoms with Gasteiger partial charge in [-0.05, 0) is 61.3 Å². The summed E-state index contributed by atoms with van der Waals surface area (Å²) in [5.41, 5.74) is 2.07. The first-order valence-corrected chi connectivity index (χ1v) is 15.5. The first-order valence-electron chi connectivity index (χ1n) is 14.3. The molecule has 1 aliphatic rings. The van der Waals surface area contributed by atoms with Crippen LogP contribution in [0.25, 0.3) is 0 Å². The lowest BCUT2D eigenvalue weighted by Gasteiger charge is -2.44. The lowest BCUT2D eigenvalue weighted by molar-refractivity contribution is -0.284. The van der Waals surface area contributed by atoms with Crippen LogP contribution in [0.3, 0.4) is 0 Å². The molecular weight excluding hydrogens is 579 g/mol. The molecule has 42 heavy (non-hydrogen) atoms. The Kier molecular flexibility index (Phi) is 11.8. The molecule has 3 rings (SSSR count). The van der Waals surface area contributed by atoms with Gasteiger partial charge >= 0.3 is 18.1 Å². The maximum Gasteiger partial charge on any atom is 0.453 e. The SMILES string of the molecule is CS[C@@]1(c2ccc(O)cc2)COc2cc(O)ccc2[C@@H]1CCCCCCCC[C@H](CCCC(F)(F)C(F)(F)F)C(=O)O. The monoisotopic (exact) mass is 618 g/mol. The molecule has 0 radical (unpaired) electrons. The van der Waals surface area contributed by atoms with Crippen molar-refractivity contribution >= 4 is 17.7 Å². The second-order valence-electron chi connectivity index (χ2n) is 11.0. The fraction of sp³-hybridized carbons (Fsp3) is 0.581. The lowest BCUT2D eigenvalue weighted by atomic mass is 9.76. The van der Waals surface area contributed by atoms with Gasteiger partial charge < -0.3 is 20.1 Å². The van der Waals surface area contributed by atoms with Gasteiger partial charge in [-0.1, -0.05) is 56.7 Å². The minimum absolute atomic E-state index is 0.0995. The molecule has 11 heteroatoms. The summed E-state index contributed by atoms with van der Waals surface area (Å²) in [4.78, 5) is 11.5. The van der Waals surface area contributed by atoms with Gasteiger partial charge in [-0.3, -0.25) is 4.79 Å². The van der Waals surface area contributed by atoms with Gasteiger partial charge in [-0.15, -0.1) is 11.8 Å². The Morgan fingerprint density at radius 1 is 0.929 bits per heavy atom. The Morgan fingerprint density at radius 3 is 2.14 bits per heavy atom. The molecule has 2 aromatic carbocycles. The van der Waals surface area contributed by atoms with E-state index in [0.29, 0.717) is 18.8 Å². The van der Waals surface area contributed by atoms with Gasteiger partial charge in [0.25, 0.3) is 0 Å². The van der Waals surface area contributed by atoms with Gasteiger partial charge in [-0.2, -0.15) is 22.0 Å². The Bertz CT molecular complexity index is 1160. The number of rotatable bonds is 16. The van der Waals surface area contributed by atoms with Crippen molar-refractivity contribution in [1.82, 2.24) is 0 Å². The van der Waals surface area contributed by atoms with Gasteiger partial charge in [-0.25, -0.2) is 0 Å². The summed E-state index contributed by atoms with van der Waals surface area (Å²) in [6, 6.07) is 12.4. The summed E-state index contributed by atoms with van der Waals surface area (Å²) in [7, 11) is 0. The van der Waals surface area contributed by atoms with Crippen LogP contribution in [0, 0.1) is 5.92 Å². The van der Waals surface area contributed by atoms with Crippen LogP contribution in [0.2, 0.25) is 0 Å². The third-order valence-electron chi connectivity index (χ3n) is 8.20. The highest BCUT2D eigenvalue weighted by atomic mass is 32.2. The van der Waals surface area contributed by atoms with Crippen LogP contribution in [-0.4, -0.2) is 46.3 Å². The zero-order chi connectivity index (χ0) is 31.0. The normalized spacial score (nSPS) is 19.6. The summed E-state index contributed by atoms with van der Waals surface area (Å²) >= 11 is 1.70. The van der Waals surface area contributed by atoms with Crippen LogP contribution in [0.4, 0.5) is 22.0 Å². The van der Waals surface area contributed by atoms with E-state index in [1.54, 1.807) is 36.0 Å². The fourth-order valence-corrected chi connectivity index (χ4v) is 6.84. The second-order valence-corrected chi connectivity index (χ2v) is 12.2. The molecule has 1 aliphatic heterocycles. The maximum atomic E-state index is 13.1. The van der Waals surface area contributed by atoms with Crippen LogP contribution in [0.5, 0.6) is 17.2 Å². The van der Waals surface area contributed by atoms with E-state index < -0.39 is 36.8 Å². The van der Waals surface area contributed by atoms with Crippen molar-refractivity contribution < 1.29 is 46.8 Å². The molecule has 3 N–H and O–H groups in total. The van der Waals surface area contributed by atoms with Crippen molar-refractivity contribution in [2.75, 3.05) is 12.9 Å². The minimum atomic E-state index is -5.62. The summed E-state index contributed by atoms with van der Waals surface area (Å²) < 4.78 is 69.0. The maximum absolute atomic E-state index is 13.1. The Labute approximate surface area is 247 Å². The highest BCUT2D eigenvalue weighted by Gasteiger charge is 2.56. The van der Waals surface area contributed by atoms with Crippen molar-refractivity contribution in [2.24, 2.45) is 5.92 Å². The molecule has 0 saturated carbocycles. The van der Waals surface area contributed by atoms with Crippen LogP contribution in [-0.2, 0) is 9.54 Å². The number of carbonyl (C=O) groups is 1. The number of halogens is 5. The summed E-state index contributed by atoms with van der Waals surface area (Å²) in [5, 5.41) is 29.2. The van der Waals surface area contributed by atoms with Gasteiger partial charge in [0.05, 0.1) is 10.7 Å². The van der Waals surface area contributed by atoms with E-state index in [4.69, 9.17) is 4.74 Å². The second kappa shape index (κ2) is 14.7. The number of unbranched alkanes of at least 4 members (excludes halogenated alkanes) is 5. The van der Waals surface area contributed by atoms with Crippen molar-refractivity contribution in [3.8, 4) is 17.2 Å². The molecule has 2 aromatic rings. The van der Waals surface area contributed by atoms with E-state index in [1.807, 2.05) is 24.5 Å². The molecule has 0 aromatic heterocycles. The predicted octanol–water partition coefficient (Wildman–Crippen LogP) is 9.02. The first kappa shape index (κ1) is 33.8. The largest absolute Gasteiger partial charge is 0.508 e. The molecule has 5 nitrogen and oxygen atoms in total. The zero-order valence-electron chi connectivity index (χ0n) is 23.6. The third kappa shape index (κ3) is 8.45. The van der Waals surface area contributed by atoms with E-state index in [9.17, 15) is 42.1 Å². The molecule has 0 fully saturated rings. The number of hydrogen-bond donors (Lipinski definition) is 3. The molecule has 3 atom stereocenters. The number of benzene rings is 2. The molecule has 0 amide bonds. The number of fused-ring (bicyclic) bond motifs is 1. The molecule has 234 valence electrons. The van der Waals surface area contributed by atoms with Crippen molar-refractivity contribution in [3.05, 3.63) is 53.6 Å². The van der Waals surface area contributed by atoms with E-state index >= 15 is 0 Å². The quantitative estimate of drug-likeness (QED) is 0.129. The molecule has 0 saturated heterocycles. The number of alkyl halides is 5. The van der Waals surface area contributed by atoms with Crippen LogP contribution >= 0.6 is 11.8 Å². The fourth-order valence-electron chi connectivity index (χ4n) is 5.76. The number of hydrogen-bond acceptors (Lipinski definition) is 5. The molecule has 0 bridgehead atoms. The summed E-state index contributed by atoms with van der Waals surface area (Å²) in [5.74, 6) is -5.81. The predicted molar refractivity (Wildman–Crippen MR) is 153 cm³/mol. The number of aromatic hydroxyl groups is 2. The molecule has 1 heterocycles. The van der Waals surface area contributed by atoms with Crippen LogP contribution in [0.15, 0.2) is 42.5 Å². The summed E-state index contributed by atoms with van der Waals surface area (Å²) in [6.07, 6.45) is 0.419. The average molecular weight is 619 g/mol. The first-order chi connectivity index (χ1) is 19.8. The van der Waals surface area contributed by atoms with E-state index in [0.717, 1.165) is 49.7 Å². The number of phenols is 2. The molecule has 0 aliphatic carbocycles. The van der Waals surface area contributed by atoms with Crippen molar-refractivity contribution in [1.29, 1.82) is 0 Å². The number of carboxylic acid groups (broad SMARTS) is 1. The van der Waals surface area contributed by atoms with Gasteiger partial charge in [0.15, 0.2) is 0 Å². The molecular formula is C31H39F5O5S. The van der Waals surface area contributed by atoms with Crippen molar-refractivity contribution in [2.45, 2.75) is 93.4 Å². The highest BCUT2D eigenvalue weighted by Crippen LogP contribution is 2.55. The van der Waals surface area contributed by atoms with Crippen LogP contribution < -0.4 is 4.74 Å². The van der Waals surface area contributed by atoms with Crippen LogP contribution in [0.1, 0.15) is 87.7 Å². The highest BCUT2D eigenvalue weighted by molar-refractivity contribution is 7.99. The average Bonchev–Trinajstić information content (AvgIpc) is 2.93. The number of carboxylic acids is 1. The molecule has 0 unspecified atom stereocenters. The summed E-state index contributed by atoms with van der Waals surface area (Å²) in [6.45, 7) is 0.415. The van der Waals surface area contributed by atoms with E-state index in [1.165, 1.54) is 0 Å². The smallest absolute Gasteiger partial charge is 0.453 e. The zero-order valence-corrected chi connectivity index (χ0v) is 24.5. The number of thioether (sulfide) groups is 1. The van der Waals surface area contributed by atoms with Gasteiger partial charge in [0.1, 0.15) is 23.9 Å². The Balaban J connectivity index is 1.49. The minimum Gasteiger partial charge on any atom is -0.508 e. The van der Waals surface area contributed by atoms with Gasteiger partial charge in [0.2, 0.25) is 0 Å². The topological polar surface area (TPSA) is 87.0 Å². The van der Waals surface area contributed by atoms with E-state index in [2.05, 4.69) is 0 Å². The Hall–Kier alpha value is -2.69. The number of phenolic OH excluding ortho intramolecular Hbond substituents is 2. The Morgan fingerprint density at radius 2 is 1.52 bits per heavy atom. The third-order valence-corrected chi connectivity index (χ3v) is 9.57. The number of aliphatic carboxylic acids is 1. The van der Waals surface area contributed by atoms with E-state index in [-0.39, 0.29) is 35.0 Å². The molecule has 0 spiro atoms. The standard InChI is InChI=1S/C31H39F5O5S/c1-42-29(22-12-14-23(37)15-13-22)20-41-27-19-24(38)16-17-25(27)26(29)11-7-5-3-2-4-6-9-21(28(39)40)10-8-18-30(32,33)31(34,35)36/h12-17,19,21,26,37-38H,2-11,18,20H2,1H3,(H,39,40)/t21-,26+,29-/m1/s1. The van der Waals surface area contributed by atoms with Gasteiger partial charge in [0, 0.05) is 18.4 Å². The number of ether oxygens (including phenoxy) is 1.